The van der Waals surface area contributed by atoms with Gasteiger partial charge in [0.25, 0.3) is 5.91 Å². The maximum atomic E-state index is 12.9. The zero-order chi connectivity index (χ0) is 20.7. The van der Waals surface area contributed by atoms with Crippen LogP contribution in [0.1, 0.15) is 56.3 Å². The Morgan fingerprint density at radius 2 is 1.75 bits per heavy atom. The van der Waals surface area contributed by atoms with Crippen LogP contribution in [0.3, 0.4) is 0 Å². The molecule has 1 aliphatic rings. The average molecular weight is 411 g/mol. The molecule has 1 saturated carbocycles. The Morgan fingerprint density at radius 1 is 1.14 bits per heavy atom. The van der Waals surface area contributed by atoms with Gasteiger partial charge in [0.15, 0.2) is 0 Å². The van der Waals surface area contributed by atoms with Crippen molar-refractivity contribution in [3.8, 4) is 0 Å². The number of nitrogens with zero attached hydrogens (tertiary/aromatic N) is 2. The molecule has 0 radical (unpaired) electrons. The third kappa shape index (κ3) is 5.78. The number of ether oxygens (including phenoxy) is 1. The molecule has 0 atom stereocenters. The standard InChI is InChI=1S/C21H34N2O4S/c1-17(2)16-23(14-15-27-4)21(24)18-10-12-20(13-11-18)28(25,26)22(3)19-8-6-5-7-9-19/h10-13,17,19H,5-9,14-16H2,1-4H3. The highest BCUT2D eigenvalue weighted by atomic mass is 32.2. The van der Waals surface area contributed by atoms with Gasteiger partial charge < -0.3 is 9.64 Å². The van der Waals surface area contributed by atoms with Crippen LogP contribution in [0.15, 0.2) is 29.2 Å². The summed E-state index contributed by atoms with van der Waals surface area (Å²) in [6.45, 7) is 5.73. The summed E-state index contributed by atoms with van der Waals surface area (Å²) in [5.74, 6) is 0.236. The number of carbonyl (C=O) groups is 1. The van der Waals surface area contributed by atoms with Crippen molar-refractivity contribution in [3.63, 3.8) is 0 Å². The van der Waals surface area contributed by atoms with E-state index in [0.29, 0.717) is 31.2 Å². The molecule has 0 saturated heterocycles. The Labute approximate surface area is 169 Å². The summed E-state index contributed by atoms with van der Waals surface area (Å²) in [6, 6.07) is 6.39. The van der Waals surface area contributed by atoms with Gasteiger partial charge in [-0.1, -0.05) is 33.1 Å². The van der Waals surface area contributed by atoms with E-state index in [1.807, 2.05) is 0 Å². The molecular formula is C21H34N2O4S. The maximum Gasteiger partial charge on any atom is 0.253 e. The molecular weight excluding hydrogens is 376 g/mol. The maximum absolute atomic E-state index is 12.9. The van der Waals surface area contributed by atoms with Gasteiger partial charge in [0.05, 0.1) is 11.5 Å². The summed E-state index contributed by atoms with van der Waals surface area (Å²) in [6.07, 6.45) is 5.15. The Morgan fingerprint density at radius 3 is 2.29 bits per heavy atom. The molecule has 1 aliphatic carbocycles. The van der Waals surface area contributed by atoms with Gasteiger partial charge in [-0.05, 0) is 43.0 Å². The molecule has 0 unspecified atom stereocenters. The minimum absolute atomic E-state index is 0.0654. The van der Waals surface area contributed by atoms with Crippen LogP contribution in [-0.4, -0.2) is 63.4 Å². The molecule has 1 fully saturated rings. The summed E-state index contributed by atoms with van der Waals surface area (Å²) < 4.78 is 32.5. The fourth-order valence-electron chi connectivity index (χ4n) is 3.68. The van der Waals surface area contributed by atoms with Crippen LogP contribution in [0.25, 0.3) is 0 Å². The first-order valence-electron chi connectivity index (χ1n) is 10.1. The first-order valence-corrected chi connectivity index (χ1v) is 11.6. The van der Waals surface area contributed by atoms with Crippen LogP contribution in [0, 0.1) is 5.92 Å². The molecule has 28 heavy (non-hydrogen) atoms. The summed E-state index contributed by atoms with van der Waals surface area (Å²) in [5.41, 5.74) is 0.496. The van der Waals surface area contributed by atoms with E-state index in [9.17, 15) is 13.2 Å². The number of hydrogen-bond acceptors (Lipinski definition) is 4. The van der Waals surface area contributed by atoms with E-state index in [1.54, 1.807) is 43.3 Å². The molecule has 0 spiro atoms. The summed E-state index contributed by atoms with van der Waals surface area (Å²) in [5, 5.41) is 0. The van der Waals surface area contributed by atoms with E-state index >= 15 is 0 Å². The van der Waals surface area contributed by atoms with Crippen LogP contribution in [0.4, 0.5) is 0 Å². The first kappa shape index (κ1) is 22.8. The van der Waals surface area contributed by atoms with Crippen LogP contribution in [-0.2, 0) is 14.8 Å². The predicted molar refractivity (Wildman–Crippen MR) is 111 cm³/mol. The smallest absolute Gasteiger partial charge is 0.253 e. The van der Waals surface area contributed by atoms with Gasteiger partial charge in [-0.2, -0.15) is 4.31 Å². The second-order valence-electron chi connectivity index (χ2n) is 7.98. The second-order valence-corrected chi connectivity index (χ2v) is 9.97. The Kier molecular flexibility index (Phi) is 8.46. The number of benzene rings is 1. The third-order valence-corrected chi connectivity index (χ3v) is 7.23. The number of rotatable bonds is 9. The molecule has 0 heterocycles. The molecule has 2 rings (SSSR count). The van der Waals surface area contributed by atoms with E-state index in [-0.39, 0.29) is 16.8 Å². The largest absolute Gasteiger partial charge is 0.383 e. The highest BCUT2D eigenvalue weighted by molar-refractivity contribution is 7.89. The van der Waals surface area contributed by atoms with E-state index in [1.165, 1.54) is 10.7 Å². The molecule has 0 aromatic heterocycles. The van der Waals surface area contributed by atoms with Crippen LogP contribution >= 0.6 is 0 Å². The molecule has 6 nitrogen and oxygen atoms in total. The number of hydrogen-bond donors (Lipinski definition) is 0. The summed E-state index contributed by atoms with van der Waals surface area (Å²) in [4.78, 5) is 14.8. The highest BCUT2D eigenvalue weighted by Gasteiger charge is 2.29. The molecule has 1 aromatic carbocycles. The lowest BCUT2D eigenvalue weighted by Crippen LogP contribution is -2.38. The zero-order valence-corrected chi connectivity index (χ0v) is 18.4. The fraction of sp³-hybridized carbons (Fsp3) is 0.667. The van der Waals surface area contributed by atoms with Crippen LogP contribution in [0.2, 0.25) is 0 Å². The van der Waals surface area contributed by atoms with Crippen LogP contribution < -0.4 is 0 Å². The van der Waals surface area contributed by atoms with Gasteiger partial charge in [0.2, 0.25) is 10.0 Å². The van der Waals surface area contributed by atoms with Crippen molar-refractivity contribution in [3.05, 3.63) is 29.8 Å². The number of amides is 1. The quantitative estimate of drug-likeness (QED) is 0.626. The minimum Gasteiger partial charge on any atom is -0.383 e. The zero-order valence-electron chi connectivity index (χ0n) is 17.6. The van der Waals surface area contributed by atoms with E-state index in [2.05, 4.69) is 13.8 Å². The highest BCUT2D eigenvalue weighted by Crippen LogP contribution is 2.26. The van der Waals surface area contributed by atoms with Crippen molar-refractivity contribution in [2.24, 2.45) is 5.92 Å². The van der Waals surface area contributed by atoms with E-state index in [4.69, 9.17) is 4.74 Å². The van der Waals surface area contributed by atoms with Gasteiger partial charge in [0, 0.05) is 38.9 Å². The number of methoxy groups -OCH3 is 1. The number of carbonyl (C=O) groups excluding carboxylic acids is 1. The third-order valence-electron chi connectivity index (χ3n) is 5.31. The predicted octanol–water partition coefficient (Wildman–Crippen LogP) is 3.38. The monoisotopic (exact) mass is 410 g/mol. The topological polar surface area (TPSA) is 66.9 Å². The average Bonchev–Trinajstić information content (AvgIpc) is 2.70. The van der Waals surface area contributed by atoms with E-state index in [0.717, 1.165) is 25.7 Å². The Balaban J connectivity index is 2.15. The Hall–Kier alpha value is -1.44. The lowest BCUT2D eigenvalue weighted by Gasteiger charge is -2.30. The molecule has 0 bridgehead atoms. The van der Waals surface area contributed by atoms with Gasteiger partial charge >= 0.3 is 0 Å². The molecule has 0 aliphatic heterocycles. The SMILES string of the molecule is COCCN(CC(C)C)C(=O)c1ccc(S(=O)(=O)N(C)C2CCCCC2)cc1. The minimum atomic E-state index is -3.55. The van der Waals surface area contributed by atoms with Crippen molar-refractivity contribution < 1.29 is 17.9 Å². The van der Waals surface area contributed by atoms with E-state index < -0.39 is 10.0 Å². The van der Waals surface area contributed by atoms with Crippen molar-refractivity contribution in [1.82, 2.24) is 9.21 Å². The molecule has 7 heteroatoms. The summed E-state index contributed by atoms with van der Waals surface area (Å²) >= 11 is 0. The normalized spacial score (nSPS) is 15.9. The van der Waals surface area contributed by atoms with Gasteiger partial charge in [-0.3, -0.25) is 4.79 Å². The fourth-order valence-corrected chi connectivity index (χ4v) is 5.09. The molecule has 158 valence electrons. The number of sulfonamides is 1. The van der Waals surface area contributed by atoms with Gasteiger partial charge in [-0.15, -0.1) is 0 Å². The second kappa shape index (κ2) is 10.4. The van der Waals surface area contributed by atoms with Gasteiger partial charge in [0.1, 0.15) is 0 Å². The first-order chi connectivity index (χ1) is 13.3. The van der Waals surface area contributed by atoms with Crippen LogP contribution in [0.5, 0.6) is 0 Å². The molecule has 1 amide bonds. The van der Waals surface area contributed by atoms with Crippen molar-refractivity contribution in [2.75, 3.05) is 33.9 Å². The summed E-state index contributed by atoms with van der Waals surface area (Å²) in [7, 11) is -0.268. The lowest BCUT2D eigenvalue weighted by atomic mass is 9.96. The molecule has 1 aromatic rings. The Bertz CT molecular complexity index is 725. The lowest BCUT2D eigenvalue weighted by molar-refractivity contribution is 0.0672. The van der Waals surface area contributed by atoms with Crippen molar-refractivity contribution in [2.45, 2.75) is 56.9 Å². The van der Waals surface area contributed by atoms with Crippen molar-refractivity contribution in [1.29, 1.82) is 0 Å². The van der Waals surface area contributed by atoms with Crippen molar-refractivity contribution >= 4 is 15.9 Å². The molecule has 0 N–H and O–H groups in total. The van der Waals surface area contributed by atoms with Gasteiger partial charge in [-0.25, -0.2) is 8.42 Å².